The Labute approximate surface area is 93.0 Å². The number of ether oxygens (including phenoxy) is 1. The molecule has 0 aromatic carbocycles. The molecule has 3 nitrogen and oxygen atoms in total. The fourth-order valence-electron chi connectivity index (χ4n) is 3.21. The quantitative estimate of drug-likeness (QED) is 0.751. The van der Waals surface area contributed by atoms with E-state index in [1.165, 1.54) is 25.9 Å². The molecule has 0 amide bonds. The van der Waals surface area contributed by atoms with E-state index >= 15 is 0 Å². The van der Waals surface area contributed by atoms with Crippen LogP contribution in [0.15, 0.2) is 0 Å². The molecule has 0 spiro atoms. The molecule has 88 valence electrons. The van der Waals surface area contributed by atoms with E-state index < -0.39 is 0 Å². The van der Waals surface area contributed by atoms with Crippen LogP contribution in [0.3, 0.4) is 0 Å². The smallest absolute Gasteiger partial charge is 0.0644 e. The van der Waals surface area contributed by atoms with Gasteiger partial charge in [-0.3, -0.25) is 4.90 Å². The van der Waals surface area contributed by atoms with E-state index in [1.807, 2.05) is 0 Å². The van der Waals surface area contributed by atoms with Crippen molar-refractivity contribution in [3.8, 4) is 0 Å². The average Bonchev–Trinajstić information content (AvgIpc) is 2.69. The molecule has 2 aliphatic rings. The number of rotatable bonds is 2. The zero-order chi connectivity index (χ0) is 10.9. The number of nitrogens with zero attached hydrogens (tertiary/aromatic N) is 1. The van der Waals surface area contributed by atoms with Gasteiger partial charge in [0.15, 0.2) is 0 Å². The maximum atomic E-state index is 6.04. The molecule has 0 aromatic heterocycles. The fourth-order valence-corrected chi connectivity index (χ4v) is 3.21. The first-order valence-corrected chi connectivity index (χ1v) is 6.17. The van der Waals surface area contributed by atoms with Gasteiger partial charge in [0, 0.05) is 18.7 Å². The summed E-state index contributed by atoms with van der Waals surface area (Å²) in [5.74, 6) is 0. The van der Waals surface area contributed by atoms with Gasteiger partial charge in [-0.05, 0) is 52.6 Å². The summed E-state index contributed by atoms with van der Waals surface area (Å²) >= 11 is 0. The molecule has 15 heavy (non-hydrogen) atoms. The molecule has 2 saturated heterocycles. The molecule has 1 unspecified atom stereocenters. The zero-order valence-electron chi connectivity index (χ0n) is 10.1. The fraction of sp³-hybridized carbons (Fsp3) is 1.00. The third-order valence-corrected chi connectivity index (χ3v) is 3.97. The Kier molecular flexibility index (Phi) is 3.06. The zero-order valence-corrected chi connectivity index (χ0v) is 10.1. The molecule has 2 fully saturated rings. The van der Waals surface area contributed by atoms with Gasteiger partial charge in [-0.1, -0.05) is 0 Å². The van der Waals surface area contributed by atoms with Gasteiger partial charge in [-0.15, -0.1) is 0 Å². The molecular weight excluding hydrogens is 188 g/mol. The topological polar surface area (TPSA) is 38.5 Å². The highest BCUT2D eigenvalue weighted by atomic mass is 16.5. The second kappa shape index (κ2) is 4.04. The summed E-state index contributed by atoms with van der Waals surface area (Å²) in [5.41, 5.74) is 6.26. The van der Waals surface area contributed by atoms with Crippen LogP contribution < -0.4 is 5.73 Å². The molecule has 0 aromatic rings. The first-order valence-electron chi connectivity index (χ1n) is 6.17. The minimum absolute atomic E-state index is 0.000208. The lowest BCUT2D eigenvalue weighted by atomic mass is 9.80. The number of nitrogens with two attached hydrogens (primary N) is 1. The minimum Gasteiger partial charge on any atom is -0.375 e. The second-order valence-electron chi connectivity index (χ2n) is 5.66. The molecule has 0 saturated carbocycles. The lowest BCUT2D eigenvalue weighted by Crippen LogP contribution is -2.59. The third kappa shape index (κ3) is 2.19. The first kappa shape index (κ1) is 11.4. The van der Waals surface area contributed by atoms with Crippen LogP contribution in [0.4, 0.5) is 0 Å². The van der Waals surface area contributed by atoms with E-state index in [9.17, 15) is 0 Å². The standard InChI is InChI=1S/C12H24N2O/c1-11(2)9-12(10-13,5-8-15-11)14-6-3-4-7-14/h3-10,13H2,1-2H3. The Morgan fingerprint density at radius 3 is 2.47 bits per heavy atom. The SMILES string of the molecule is CC1(C)CC(CN)(N2CCCC2)CCO1. The summed E-state index contributed by atoms with van der Waals surface area (Å²) in [5, 5.41) is 0. The molecule has 2 N–H and O–H groups in total. The van der Waals surface area contributed by atoms with Gasteiger partial charge in [-0.2, -0.15) is 0 Å². The summed E-state index contributed by atoms with van der Waals surface area (Å²) in [6.45, 7) is 8.47. The highest BCUT2D eigenvalue weighted by Gasteiger charge is 2.44. The summed E-state index contributed by atoms with van der Waals surface area (Å²) in [6.07, 6.45) is 4.86. The van der Waals surface area contributed by atoms with Gasteiger partial charge in [-0.25, -0.2) is 0 Å². The van der Waals surface area contributed by atoms with E-state index in [1.54, 1.807) is 0 Å². The summed E-state index contributed by atoms with van der Waals surface area (Å²) in [4.78, 5) is 2.61. The molecule has 2 rings (SSSR count). The lowest BCUT2D eigenvalue weighted by molar-refractivity contribution is -0.113. The molecule has 3 heteroatoms. The van der Waals surface area contributed by atoms with Gasteiger partial charge < -0.3 is 10.5 Å². The highest BCUT2D eigenvalue weighted by molar-refractivity contribution is 5.00. The molecule has 0 aliphatic carbocycles. The highest BCUT2D eigenvalue weighted by Crippen LogP contribution is 2.37. The van der Waals surface area contributed by atoms with Crippen molar-refractivity contribution >= 4 is 0 Å². The Morgan fingerprint density at radius 1 is 1.27 bits per heavy atom. The van der Waals surface area contributed by atoms with Crippen LogP contribution >= 0.6 is 0 Å². The van der Waals surface area contributed by atoms with Crippen LogP contribution in [0.5, 0.6) is 0 Å². The van der Waals surface area contributed by atoms with Crippen LogP contribution in [0, 0.1) is 0 Å². The largest absolute Gasteiger partial charge is 0.375 e. The monoisotopic (exact) mass is 212 g/mol. The van der Waals surface area contributed by atoms with Crippen LogP contribution in [0.1, 0.15) is 39.5 Å². The molecular formula is C12H24N2O. The Morgan fingerprint density at radius 2 is 1.93 bits per heavy atom. The summed E-state index contributed by atoms with van der Waals surface area (Å²) in [7, 11) is 0. The molecule has 1 atom stereocenters. The average molecular weight is 212 g/mol. The van der Waals surface area contributed by atoms with Crippen LogP contribution in [-0.4, -0.2) is 42.3 Å². The maximum absolute atomic E-state index is 6.04. The second-order valence-corrected chi connectivity index (χ2v) is 5.66. The van der Waals surface area contributed by atoms with Crippen molar-refractivity contribution in [2.75, 3.05) is 26.2 Å². The molecule has 2 heterocycles. The normalized spacial score (nSPS) is 37.0. The summed E-state index contributed by atoms with van der Waals surface area (Å²) < 4.78 is 5.80. The molecule has 0 radical (unpaired) electrons. The van der Waals surface area contributed by atoms with E-state index in [-0.39, 0.29) is 11.1 Å². The van der Waals surface area contributed by atoms with Gasteiger partial charge in [0.2, 0.25) is 0 Å². The lowest BCUT2D eigenvalue weighted by Gasteiger charge is -2.49. The van der Waals surface area contributed by atoms with E-state index in [4.69, 9.17) is 10.5 Å². The van der Waals surface area contributed by atoms with E-state index in [0.29, 0.717) is 0 Å². The maximum Gasteiger partial charge on any atom is 0.0644 e. The van der Waals surface area contributed by atoms with Crippen molar-refractivity contribution in [1.29, 1.82) is 0 Å². The van der Waals surface area contributed by atoms with Gasteiger partial charge in [0.1, 0.15) is 0 Å². The van der Waals surface area contributed by atoms with Crippen molar-refractivity contribution in [3.05, 3.63) is 0 Å². The van der Waals surface area contributed by atoms with Crippen molar-refractivity contribution in [2.45, 2.75) is 50.7 Å². The molecule has 2 aliphatic heterocycles. The summed E-state index contributed by atoms with van der Waals surface area (Å²) in [6, 6.07) is 0. The number of hydrogen-bond acceptors (Lipinski definition) is 3. The number of hydrogen-bond donors (Lipinski definition) is 1. The first-order chi connectivity index (χ1) is 7.08. The Bertz CT molecular complexity index is 224. The minimum atomic E-state index is 0.000208. The van der Waals surface area contributed by atoms with Crippen molar-refractivity contribution in [1.82, 2.24) is 4.90 Å². The Balaban J connectivity index is 2.12. The van der Waals surface area contributed by atoms with E-state index in [2.05, 4.69) is 18.7 Å². The van der Waals surface area contributed by atoms with E-state index in [0.717, 1.165) is 26.0 Å². The van der Waals surface area contributed by atoms with Crippen LogP contribution in [-0.2, 0) is 4.74 Å². The Hall–Kier alpha value is -0.120. The van der Waals surface area contributed by atoms with Gasteiger partial charge >= 0.3 is 0 Å². The van der Waals surface area contributed by atoms with Crippen molar-refractivity contribution in [3.63, 3.8) is 0 Å². The van der Waals surface area contributed by atoms with Crippen molar-refractivity contribution in [2.24, 2.45) is 5.73 Å². The predicted molar refractivity (Wildman–Crippen MR) is 61.9 cm³/mol. The van der Waals surface area contributed by atoms with Gasteiger partial charge in [0.25, 0.3) is 0 Å². The molecule has 0 bridgehead atoms. The van der Waals surface area contributed by atoms with Crippen LogP contribution in [0.25, 0.3) is 0 Å². The van der Waals surface area contributed by atoms with Crippen LogP contribution in [0.2, 0.25) is 0 Å². The third-order valence-electron chi connectivity index (χ3n) is 3.97. The predicted octanol–water partition coefficient (Wildman–Crippen LogP) is 1.37. The van der Waals surface area contributed by atoms with Crippen molar-refractivity contribution < 1.29 is 4.74 Å². The van der Waals surface area contributed by atoms with Gasteiger partial charge in [0.05, 0.1) is 5.60 Å². The number of likely N-dealkylation sites (tertiary alicyclic amines) is 1.